The molecule has 1 aliphatic rings. The predicted molar refractivity (Wildman–Crippen MR) is 130 cm³/mol. The number of ketones is 1. The fourth-order valence-electron chi connectivity index (χ4n) is 3.83. The number of hydrogen-bond donors (Lipinski definition) is 1. The number of ether oxygens (including phenoxy) is 2. The fraction of sp³-hybridized carbons (Fsp3) is 0.125. The third-order valence-corrected chi connectivity index (χ3v) is 6.15. The van der Waals surface area contributed by atoms with E-state index < -0.39 is 23.5 Å². The summed E-state index contributed by atoms with van der Waals surface area (Å²) in [5.74, 6) is -2.14. The number of rotatable bonds is 5. The Hall–Kier alpha value is -3.26. The Morgan fingerprint density at radius 2 is 1.74 bits per heavy atom. The molecule has 4 rings (SSSR count). The normalized spacial score (nSPS) is 17.2. The second-order valence-electron chi connectivity index (χ2n) is 7.19. The van der Waals surface area contributed by atoms with Gasteiger partial charge in [-0.1, -0.05) is 46.9 Å². The van der Waals surface area contributed by atoms with Crippen molar-refractivity contribution in [3.63, 3.8) is 0 Å². The highest BCUT2D eigenvalue weighted by Gasteiger charge is 2.48. The average Bonchev–Trinajstić information content (AvgIpc) is 3.09. The number of nitrogens with zero attached hydrogens (tertiary/aromatic N) is 2. The molecule has 1 atom stereocenters. The summed E-state index contributed by atoms with van der Waals surface area (Å²) in [6.07, 6.45) is 1.52. The van der Waals surface area contributed by atoms with E-state index in [2.05, 4.69) is 4.98 Å². The first-order valence-electron chi connectivity index (χ1n) is 9.88. The lowest BCUT2D eigenvalue weighted by Crippen LogP contribution is -2.29. The van der Waals surface area contributed by atoms with Gasteiger partial charge < -0.3 is 14.6 Å². The van der Waals surface area contributed by atoms with Crippen LogP contribution in [0.1, 0.15) is 17.3 Å². The van der Waals surface area contributed by atoms with Crippen LogP contribution in [0.25, 0.3) is 5.76 Å². The number of carbonyl (C=O) groups excluding carboxylic acids is 2. The summed E-state index contributed by atoms with van der Waals surface area (Å²) in [7, 11) is 2.72. The van der Waals surface area contributed by atoms with Crippen molar-refractivity contribution >= 4 is 57.9 Å². The zero-order valence-corrected chi connectivity index (χ0v) is 20.1. The number of aromatic nitrogens is 1. The van der Waals surface area contributed by atoms with Crippen LogP contribution in [0.2, 0.25) is 15.1 Å². The molecule has 0 spiro atoms. The molecule has 1 aliphatic heterocycles. The second kappa shape index (κ2) is 9.54. The van der Waals surface area contributed by atoms with Crippen LogP contribution in [0, 0.1) is 0 Å². The van der Waals surface area contributed by atoms with Crippen LogP contribution in [-0.4, -0.2) is 36.0 Å². The summed E-state index contributed by atoms with van der Waals surface area (Å²) in [5, 5.41) is 11.8. The van der Waals surface area contributed by atoms with Gasteiger partial charge in [-0.25, -0.2) is 0 Å². The molecular formula is C24H17Cl3N2O5. The topological polar surface area (TPSA) is 89.0 Å². The molecule has 1 fully saturated rings. The van der Waals surface area contributed by atoms with Gasteiger partial charge in [-0.3, -0.25) is 19.5 Å². The minimum Gasteiger partial charge on any atom is -0.507 e. The first-order valence-corrected chi connectivity index (χ1v) is 11.0. The van der Waals surface area contributed by atoms with E-state index in [1.54, 1.807) is 42.5 Å². The van der Waals surface area contributed by atoms with Gasteiger partial charge >= 0.3 is 0 Å². The lowest BCUT2D eigenvalue weighted by Gasteiger charge is -2.25. The average molecular weight is 520 g/mol. The Balaban J connectivity index is 2.01. The molecule has 2 aromatic carbocycles. The van der Waals surface area contributed by atoms with E-state index in [4.69, 9.17) is 44.3 Å². The molecule has 2 heterocycles. The maximum absolute atomic E-state index is 13.3. The molecule has 1 unspecified atom stereocenters. The number of methoxy groups -OCH3 is 2. The van der Waals surface area contributed by atoms with Crippen molar-refractivity contribution in [3.8, 4) is 11.5 Å². The van der Waals surface area contributed by atoms with Crippen LogP contribution in [0.15, 0.2) is 60.3 Å². The lowest BCUT2D eigenvalue weighted by atomic mass is 9.97. The highest BCUT2D eigenvalue weighted by molar-refractivity contribution is 6.52. The highest BCUT2D eigenvalue weighted by atomic mass is 35.5. The molecule has 10 heteroatoms. The van der Waals surface area contributed by atoms with Crippen molar-refractivity contribution in [2.24, 2.45) is 0 Å². The third kappa shape index (κ3) is 3.96. The molecule has 0 radical (unpaired) electrons. The smallest absolute Gasteiger partial charge is 0.300 e. The highest BCUT2D eigenvalue weighted by Crippen LogP contribution is 2.47. The van der Waals surface area contributed by atoms with Crippen molar-refractivity contribution in [2.45, 2.75) is 6.04 Å². The molecule has 0 bridgehead atoms. The standard InChI is InChI=1S/C24H17Cl3N2O5/c1-33-22-14(11-15(26)23(34-2)18(22)27)20(30)17-19(16-8-3-4-9-28-16)29(24(32)21(17)31)13-7-5-6-12(25)10-13/h3-11,19,30H,1-2H3/b20-17+. The van der Waals surface area contributed by atoms with E-state index in [0.717, 1.165) is 0 Å². The molecule has 1 saturated heterocycles. The van der Waals surface area contributed by atoms with E-state index in [-0.39, 0.29) is 32.7 Å². The zero-order chi connectivity index (χ0) is 24.6. The molecule has 1 amide bonds. The molecular weight excluding hydrogens is 503 g/mol. The van der Waals surface area contributed by atoms with Crippen LogP contribution < -0.4 is 14.4 Å². The summed E-state index contributed by atoms with van der Waals surface area (Å²) >= 11 is 18.8. The van der Waals surface area contributed by atoms with E-state index >= 15 is 0 Å². The number of carbonyl (C=O) groups is 2. The summed E-state index contributed by atoms with van der Waals surface area (Å²) in [5.41, 5.74) is 0.526. The number of aliphatic hydroxyl groups is 1. The van der Waals surface area contributed by atoms with E-state index in [1.807, 2.05) is 0 Å². The van der Waals surface area contributed by atoms with Crippen molar-refractivity contribution < 1.29 is 24.2 Å². The Labute approximate surface area is 210 Å². The largest absolute Gasteiger partial charge is 0.507 e. The van der Waals surface area contributed by atoms with Gasteiger partial charge in [0.1, 0.15) is 16.8 Å². The molecule has 3 aromatic rings. The number of anilines is 1. The Morgan fingerprint density at radius 3 is 2.35 bits per heavy atom. The predicted octanol–water partition coefficient (Wildman–Crippen LogP) is 5.69. The third-order valence-electron chi connectivity index (χ3n) is 5.29. The van der Waals surface area contributed by atoms with Gasteiger partial charge in [-0.2, -0.15) is 0 Å². The Morgan fingerprint density at radius 1 is 1.00 bits per heavy atom. The van der Waals surface area contributed by atoms with Crippen LogP contribution in [0.5, 0.6) is 11.5 Å². The van der Waals surface area contributed by atoms with Crippen LogP contribution >= 0.6 is 34.8 Å². The van der Waals surface area contributed by atoms with Gasteiger partial charge in [0.15, 0.2) is 11.5 Å². The van der Waals surface area contributed by atoms with Gasteiger partial charge in [0.25, 0.3) is 11.7 Å². The summed E-state index contributed by atoms with van der Waals surface area (Å²) in [6, 6.07) is 11.8. The number of Topliss-reactive ketones (excluding diaryl/α,β-unsaturated/α-hetero) is 1. The van der Waals surface area contributed by atoms with Gasteiger partial charge in [-0.05, 0) is 36.4 Å². The molecule has 34 heavy (non-hydrogen) atoms. The zero-order valence-electron chi connectivity index (χ0n) is 17.9. The first-order chi connectivity index (χ1) is 16.3. The van der Waals surface area contributed by atoms with Crippen LogP contribution in [0.4, 0.5) is 5.69 Å². The summed E-state index contributed by atoms with van der Waals surface area (Å²) in [4.78, 5) is 32.0. The lowest BCUT2D eigenvalue weighted by molar-refractivity contribution is -0.132. The minimum absolute atomic E-state index is 0.00231. The quantitative estimate of drug-likeness (QED) is 0.265. The number of pyridine rings is 1. The van der Waals surface area contributed by atoms with Crippen molar-refractivity contribution in [1.82, 2.24) is 4.98 Å². The minimum atomic E-state index is -1.05. The number of benzene rings is 2. The second-order valence-corrected chi connectivity index (χ2v) is 8.41. The van der Waals surface area contributed by atoms with Gasteiger partial charge in [0.2, 0.25) is 0 Å². The van der Waals surface area contributed by atoms with E-state index in [9.17, 15) is 14.7 Å². The number of aliphatic hydroxyl groups excluding tert-OH is 1. The Kier molecular flexibility index (Phi) is 6.70. The molecule has 0 saturated carbocycles. The number of amides is 1. The molecule has 174 valence electrons. The Bertz CT molecular complexity index is 1330. The summed E-state index contributed by atoms with van der Waals surface area (Å²) in [6.45, 7) is 0. The van der Waals surface area contributed by atoms with Gasteiger partial charge in [0, 0.05) is 16.9 Å². The van der Waals surface area contributed by atoms with E-state index in [0.29, 0.717) is 16.4 Å². The van der Waals surface area contributed by atoms with Crippen LogP contribution in [0.3, 0.4) is 0 Å². The van der Waals surface area contributed by atoms with Crippen molar-refractivity contribution in [3.05, 3.63) is 86.6 Å². The van der Waals surface area contributed by atoms with Gasteiger partial charge in [0.05, 0.1) is 36.1 Å². The van der Waals surface area contributed by atoms with E-state index in [1.165, 1.54) is 31.4 Å². The SMILES string of the molecule is COc1c(Cl)cc(/C(O)=C2\C(=O)C(=O)N(c3cccc(Cl)c3)C2c2ccccn2)c(OC)c1Cl. The summed E-state index contributed by atoms with van der Waals surface area (Å²) < 4.78 is 10.6. The maximum Gasteiger partial charge on any atom is 0.300 e. The molecule has 1 aromatic heterocycles. The molecule has 7 nitrogen and oxygen atoms in total. The monoisotopic (exact) mass is 518 g/mol. The number of halogens is 3. The van der Waals surface area contributed by atoms with Crippen molar-refractivity contribution in [2.75, 3.05) is 19.1 Å². The van der Waals surface area contributed by atoms with Gasteiger partial charge in [-0.15, -0.1) is 0 Å². The molecule has 1 N–H and O–H groups in total. The van der Waals surface area contributed by atoms with Crippen molar-refractivity contribution in [1.29, 1.82) is 0 Å². The molecule has 0 aliphatic carbocycles. The maximum atomic E-state index is 13.3. The number of hydrogen-bond acceptors (Lipinski definition) is 6. The fourth-order valence-corrected chi connectivity index (χ4v) is 4.71. The first kappa shape index (κ1) is 23.9. The van der Waals surface area contributed by atoms with Crippen LogP contribution in [-0.2, 0) is 9.59 Å².